The van der Waals surface area contributed by atoms with Gasteiger partial charge >= 0.3 is 5.69 Å². The van der Waals surface area contributed by atoms with Crippen molar-refractivity contribution in [1.82, 2.24) is 0 Å². The molecule has 0 saturated carbocycles. The highest BCUT2D eigenvalue weighted by Crippen LogP contribution is 2.47. The minimum atomic E-state index is -0.365. The molecule has 5 rings (SSSR count). The highest BCUT2D eigenvalue weighted by atomic mass is 32.1. The number of hydrogen-bond donors (Lipinski definition) is 1. The Morgan fingerprint density at radius 2 is 1.35 bits per heavy atom. The van der Waals surface area contributed by atoms with E-state index < -0.39 is 0 Å². The van der Waals surface area contributed by atoms with Crippen LogP contribution in [0.3, 0.4) is 0 Å². The maximum Gasteiger partial charge on any atom is 0.311 e. The molecule has 318 valence electrons. The summed E-state index contributed by atoms with van der Waals surface area (Å²) in [5.74, 6) is 0. The minimum Gasteiger partial charge on any atom is -0.392 e. The summed E-state index contributed by atoms with van der Waals surface area (Å²) in [4.78, 5) is 17.6. The summed E-state index contributed by atoms with van der Waals surface area (Å²) in [7, 11) is 2.01. The highest BCUT2D eigenvalue weighted by Gasteiger charge is 2.28. The summed E-state index contributed by atoms with van der Waals surface area (Å²) in [6.07, 6.45) is 13.1. The van der Waals surface area contributed by atoms with E-state index in [9.17, 15) is 10.1 Å². The maximum atomic E-state index is 12.4. The average Bonchev–Trinajstić information content (AvgIpc) is 3.61. The number of aryl methyl sites for hydroxylation is 3. The topological polar surface area (TPSA) is 75.6 Å². The molecule has 0 aliphatic heterocycles. The Morgan fingerprint density at radius 3 is 1.83 bits per heavy atom. The Morgan fingerprint density at radius 1 is 0.800 bits per heavy atom. The number of rotatable bonds is 13. The minimum absolute atomic E-state index is 0.0543. The molecule has 0 aliphatic rings. The van der Waals surface area contributed by atoms with Gasteiger partial charge in [-0.3, -0.25) is 10.1 Å². The molecule has 1 heterocycles. The molecule has 0 spiro atoms. The molecule has 0 unspecified atom stereocenters. The van der Waals surface area contributed by atoms with Crippen LogP contribution in [-0.2, 0) is 0 Å². The van der Waals surface area contributed by atoms with Gasteiger partial charge in [0, 0.05) is 36.4 Å². The Kier molecular flexibility index (Phi) is 24.4. The van der Waals surface area contributed by atoms with Crippen LogP contribution in [0.25, 0.3) is 16.0 Å². The standard InChI is InChI=1S/C40H44N4O2S.C7H8.2C2H6.C2H4/c1-8-13-31(17-12-24-43(35(14-9-2)25-28(3)4)36-19-11-16-30(6)27-36)39-37(41)38(44(45)46)40(47-39)32-20-22-33(23-21-32)42(7)34-18-10-15-29(5)26-34;1-7-5-3-2-4-6-7;3*1-2/h9-23,25-27H,3,8,24,41H2,1-2,4-7H3;2-6H,1H3;2*1-2H3;1-2H2/b14-9-,17-12-,31-13+,35-25+;;;;. The summed E-state index contributed by atoms with van der Waals surface area (Å²) < 4.78 is 0. The molecule has 1 aromatic heterocycles. The van der Waals surface area contributed by atoms with E-state index in [1.165, 1.54) is 28.0 Å². The summed E-state index contributed by atoms with van der Waals surface area (Å²) in [5.41, 5.74) is 17.1. The van der Waals surface area contributed by atoms with Crippen LogP contribution in [0.5, 0.6) is 0 Å². The SMILES string of the molecule is C=C.C=C(C)/C=C(\C=C/C)N(C/C=C\C(=C/CC)c1sc(-c2ccc(N(C)c3cccc(C)c3)cc2)c([N+](=O)[O-])c1N)c1cccc(C)c1.CC.CC.Cc1ccccc1. The monoisotopic (exact) mass is 825 g/mol. The number of nitrogens with two attached hydrogens (primary N) is 1. The summed E-state index contributed by atoms with van der Waals surface area (Å²) in [6, 6.07) is 34.8. The van der Waals surface area contributed by atoms with Gasteiger partial charge in [-0.15, -0.1) is 24.5 Å². The van der Waals surface area contributed by atoms with Gasteiger partial charge in [-0.05, 0) is 112 Å². The molecular formula is C53H68N4O2S. The largest absolute Gasteiger partial charge is 0.392 e. The van der Waals surface area contributed by atoms with Gasteiger partial charge in [-0.1, -0.05) is 143 Å². The van der Waals surface area contributed by atoms with Crippen molar-refractivity contribution in [3.05, 3.63) is 202 Å². The number of benzene rings is 4. The number of thiophene rings is 1. The van der Waals surface area contributed by atoms with Crippen LogP contribution < -0.4 is 15.5 Å². The molecule has 0 amide bonds. The molecular weight excluding hydrogens is 757 g/mol. The number of nitrogens with zero attached hydrogens (tertiary/aromatic N) is 3. The number of allylic oxidation sites excluding steroid dienone is 7. The smallest absolute Gasteiger partial charge is 0.311 e. The summed E-state index contributed by atoms with van der Waals surface area (Å²) in [6.45, 7) is 30.9. The van der Waals surface area contributed by atoms with E-state index in [0.29, 0.717) is 16.3 Å². The predicted octanol–water partition coefficient (Wildman–Crippen LogP) is 16.0. The first-order chi connectivity index (χ1) is 28.9. The Balaban J connectivity index is 0.00000121. The van der Waals surface area contributed by atoms with Gasteiger partial charge in [0.1, 0.15) is 10.6 Å². The zero-order chi connectivity index (χ0) is 45.2. The van der Waals surface area contributed by atoms with Crippen molar-refractivity contribution in [2.75, 3.05) is 29.1 Å². The van der Waals surface area contributed by atoms with E-state index in [0.717, 1.165) is 45.9 Å². The number of nitrogen functional groups attached to an aromatic ring is 1. The van der Waals surface area contributed by atoms with Crippen LogP contribution in [0.15, 0.2) is 171 Å². The first-order valence-corrected chi connectivity index (χ1v) is 21.4. The van der Waals surface area contributed by atoms with Crippen molar-refractivity contribution in [3.8, 4) is 10.4 Å². The van der Waals surface area contributed by atoms with E-state index in [4.69, 9.17) is 5.73 Å². The van der Waals surface area contributed by atoms with Crippen LogP contribution in [-0.4, -0.2) is 18.5 Å². The fraction of sp³-hybridized carbons (Fsp3) is 0.245. The summed E-state index contributed by atoms with van der Waals surface area (Å²) >= 11 is 1.36. The second-order valence-corrected chi connectivity index (χ2v) is 14.2. The quantitative estimate of drug-likeness (QED) is 0.0554. The van der Waals surface area contributed by atoms with Gasteiger partial charge in [-0.2, -0.15) is 0 Å². The van der Waals surface area contributed by atoms with Crippen molar-refractivity contribution in [2.45, 2.75) is 75.7 Å². The van der Waals surface area contributed by atoms with Crippen LogP contribution in [0.1, 0.15) is 76.5 Å². The van der Waals surface area contributed by atoms with E-state index in [1.807, 2.05) is 109 Å². The van der Waals surface area contributed by atoms with Crippen LogP contribution >= 0.6 is 11.3 Å². The molecule has 0 radical (unpaired) electrons. The molecule has 7 heteroatoms. The Bertz CT molecular complexity index is 2180. The van der Waals surface area contributed by atoms with Crippen LogP contribution in [0, 0.1) is 30.9 Å². The fourth-order valence-corrected chi connectivity index (χ4v) is 7.13. The number of nitro groups is 1. The van der Waals surface area contributed by atoms with Crippen molar-refractivity contribution in [2.24, 2.45) is 0 Å². The number of hydrogen-bond acceptors (Lipinski definition) is 6. The second kappa shape index (κ2) is 28.3. The molecule has 60 heavy (non-hydrogen) atoms. The van der Waals surface area contributed by atoms with Crippen LogP contribution in [0.2, 0.25) is 0 Å². The van der Waals surface area contributed by atoms with Gasteiger partial charge in [0.05, 0.1) is 9.80 Å². The summed E-state index contributed by atoms with van der Waals surface area (Å²) in [5, 5.41) is 12.4. The van der Waals surface area contributed by atoms with Gasteiger partial charge in [-0.25, -0.2) is 0 Å². The fourth-order valence-electron chi connectivity index (χ4n) is 5.92. The van der Waals surface area contributed by atoms with Gasteiger partial charge in [0.15, 0.2) is 0 Å². The van der Waals surface area contributed by atoms with Crippen molar-refractivity contribution in [3.63, 3.8) is 0 Å². The van der Waals surface area contributed by atoms with Crippen LogP contribution in [0.4, 0.5) is 28.4 Å². The third kappa shape index (κ3) is 15.9. The molecule has 0 atom stereocenters. The third-order valence-electron chi connectivity index (χ3n) is 8.58. The second-order valence-electron chi connectivity index (χ2n) is 13.2. The lowest BCUT2D eigenvalue weighted by Gasteiger charge is -2.25. The molecule has 0 saturated heterocycles. The molecule has 2 N–H and O–H groups in total. The van der Waals surface area contributed by atoms with E-state index in [-0.39, 0.29) is 16.3 Å². The van der Waals surface area contributed by atoms with Gasteiger partial charge in [0.25, 0.3) is 0 Å². The van der Waals surface area contributed by atoms with E-state index in [1.54, 1.807) is 0 Å². The zero-order valence-electron chi connectivity index (χ0n) is 38.0. The molecule has 0 bridgehead atoms. The van der Waals surface area contributed by atoms with E-state index >= 15 is 0 Å². The van der Waals surface area contributed by atoms with Crippen molar-refractivity contribution in [1.29, 1.82) is 0 Å². The first-order valence-electron chi connectivity index (χ1n) is 20.6. The molecule has 5 aromatic rings. The number of anilines is 4. The lowest BCUT2D eigenvalue weighted by atomic mass is 10.1. The molecule has 0 aliphatic carbocycles. The van der Waals surface area contributed by atoms with E-state index in [2.05, 4.69) is 136 Å². The molecule has 4 aromatic carbocycles. The first kappa shape index (κ1) is 51.8. The Labute approximate surface area is 366 Å². The molecule has 0 fully saturated rings. The van der Waals surface area contributed by atoms with Crippen molar-refractivity contribution < 1.29 is 4.92 Å². The highest BCUT2D eigenvalue weighted by molar-refractivity contribution is 7.18. The normalized spacial score (nSPS) is 10.8. The maximum absolute atomic E-state index is 12.4. The zero-order valence-corrected chi connectivity index (χ0v) is 38.8. The van der Waals surface area contributed by atoms with Crippen molar-refractivity contribution >= 4 is 45.3 Å². The Hall–Kier alpha value is -6.18. The lowest BCUT2D eigenvalue weighted by molar-refractivity contribution is -0.382. The predicted molar refractivity (Wildman–Crippen MR) is 269 cm³/mol. The third-order valence-corrected chi connectivity index (χ3v) is 9.87. The molecule has 6 nitrogen and oxygen atoms in total. The lowest BCUT2D eigenvalue weighted by Crippen LogP contribution is -2.22. The van der Waals surface area contributed by atoms with Gasteiger partial charge in [0.2, 0.25) is 0 Å². The van der Waals surface area contributed by atoms with Gasteiger partial charge < -0.3 is 15.5 Å². The average molecular weight is 825 g/mol.